The average molecular weight is 426 g/mol. The van der Waals surface area contributed by atoms with Gasteiger partial charge in [-0.2, -0.15) is 9.48 Å². The van der Waals surface area contributed by atoms with Gasteiger partial charge in [-0.25, -0.2) is 9.79 Å². The third-order valence-electron chi connectivity index (χ3n) is 5.06. The van der Waals surface area contributed by atoms with E-state index in [1.807, 2.05) is 17.5 Å². The number of thiophene rings is 1. The molecule has 1 unspecified atom stereocenters. The van der Waals surface area contributed by atoms with Gasteiger partial charge < -0.3 is 0 Å². The normalized spacial score (nSPS) is 19.3. The van der Waals surface area contributed by atoms with E-state index >= 15 is 0 Å². The Balaban J connectivity index is 1.75. The molecular formula is C21H21N4O2S2+. The molecule has 3 amide bonds. The molecule has 2 aromatic rings. The number of aryl methyl sites for hydroxylation is 2. The molecule has 0 aliphatic carbocycles. The van der Waals surface area contributed by atoms with Crippen molar-refractivity contribution in [2.24, 2.45) is 15.9 Å². The standard InChI is InChI=1S/C21H21N4O2S2/c1-12-7-8-13(2)14(10-12)11-29-19-16-18(24(3)21(27)25(4)20(16)26)22-17(23-19)15-6-5-9-28-15/h5-10,16H,11H2,1-4H3/q+1. The summed E-state index contributed by atoms with van der Waals surface area (Å²) >= 11 is 3.07. The number of thioether (sulfide) groups is 1. The molecule has 3 heterocycles. The van der Waals surface area contributed by atoms with Crippen molar-refractivity contribution in [3.8, 4) is 0 Å². The molecule has 6 nitrogen and oxygen atoms in total. The third kappa shape index (κ3) is 3.58. The quantitative estimate of drug-likeness (QED) is 0.704. The van der Waals surface area contributed by atoms with Crippen molar-refractivity contribution in [3.05, 3.63) is 57.3 Å². The summed E-state index contributed by atoms with van der Waals surface area (Å²) in [6.45, 7) is 4.15. The predicted molar refractivity (Wildman–Crippen MR) is 118 cm³/mol. The van der Waals surface area contributed by atoms with Gasteiger partial charge in [0.25, 0.3) is 5.84 Å². The molecule has 0 bridgehead atoms. The van der Waals surface area contributed by atoms with Crippen LogP contribution in [0.4, 0.5) is 4.79 Å². The highest BCUT2D eigenvalue weighted by molar-refractivity contribution is 8.13. The number of imide groups is 1. The fourth-order valence-electron chi connectivity index (χ4n) is 3.31. The molecule has 2 aliphatic rings. The largest absolute Gasteiger partial charge is 0.445 e. The van der Waals surface area contributed by atoms with Gasteiger partial charge in [0.1, 0.15) is 5.04 Å². The van der Waals surface area contributed by atoms with Crippen LogP contribution in [0.1, 0.15) is 21.6 Å². The number of nitrogens with zero attached hydrogens (tertiary/aromatic N) is 4. The van der Waals surface area contributed by atoms with E-state index in [1.54, 1.807) is 7.05 Å². The SMILES string of the molecule is Cc1ccc(C)c(CSC2=NC(c3cccs3)=NC3=[N+](C)C(=O)N(C)C(=O)C23)c1. The van der Waals surface area contributed by atoms with Crippen LogP contribution in [-0.4, -0.2) is 52.2 Å². The monoisotopic (exact) mass is 425 g/mol. The highest BCUT2D eigenvalue weighted by Gasteiger charge is 2.49. The van der Waals surface area contributed by atoms with Crippen LogP contribution in [0.3, 0.4) is 0 Å². The van der Waals surface area contributed by atoms with E-state index in [1.165, 1.54) is 51.4 Å². The Bertz CT molecular complexity index is 1100. The van der Waals surface area contributed by atoms with Crippen molar-refractivity contribution >= 4 is 51.8 Å². The summed E-state index contributed by atoms with van der Waals surface area (Å²) < 4.78 is 1.45. The first kappa shape index (κ1) is 19.7. The van der Waals surface area contributed by atoms with E-state index in [4.69, 9.17) is 4.99 Å². The highest BCUT2D eigenvalue weighted by Crippen LogP contribution is 2.30. The van der Waals surface area contributed by atoms with Crippen LogP contribution in [0.25, 0.3) is 0 Å². The van der Waals surface area contributed by atoms with Gasteiger partial charge in [-0.05, 0) is 36.4 Å². The lowest BCUT2D eigenvalue weighted by molar-refractivity contribution is -0.407. The molecule has 8 heteroatoms. The zero-order valence-electron chi connectivity index (χ0n) is 16.7. The summed E-state index contributed by atoms with van der Waals surface area (Å²) in [6.07, 6.45) is 0. The van der Waals surface area contributed by atoms with Crippen LogP contribution in [0, 0.1) is 19.8 Å². The predicted octanol–water partition coefficient (Wildman–Crippen LogP) is 3.71. The molecule has 0 N–H and O–H groups in total. The maximum atomic E-state index is 12.9. The second-order valence-corrected chi connectivity index (χ2v) is 9.05. The minimum Gasteiger partial charge on any atom is -0.255 e. The van der Waals surface area contributed by atoms with Gasteiger partial charge in [0.05, 0.1) is 19.0 Å². The summed E-state index contributed by atoms with van der Waals surface area (Å²) in [4.78, 5) is 36.8. The number of rotatable bonds is 3. The van der Waals surface area contributed by atoms with E-state index in [9.17, 15) is 9.59 Å². The van der Waals surface area contributed by atoms with Gasteiger partial charge >= 0.3 is 11.9 Å². The van der Waals surface area contributed by atoms with Crippen LogP contribution in [-0.2, 0) is 10.5 Å². The number of carbonyl (C=O) groups is 2. The molecule has 0 fully saturated rings. The molecule has 1 atom stereocenters. The molecule has 29 heavy (non-hydrogen) atoms. The molecule has 4 rings (SSSR count). The maximum absolute atomic E-state index is 12.9. The van der Waals surface area contributed by atoms with Crippen molar-refractivity contribution in [3.63, 3.8) is 0 Å². The lowest BCUT2D eigenvalue weighted by Gasteiger charge is -2.26. The molecule has 2 aliphatic heterocycles. The Morgan fingerprint density at radius 1 is 1.21 bits per heavy atom. The molecule has 1 aromatic carbocycles. The summed E-state index contributed by atoms with van der Waals surface area (Å²) in [6, 6.07) is 9.86. The van der Waals surface area contributed by atoms with Crippen LogP contribution in [0.2, 0.25) is 0 Å². The van der Waals surface area contributed by atoms with E-state index in [0.29, 0.717) is 22.5 Å². The summed E-state index contributed by atoms with van der Waals surface area (Å²) in [5, 5.41) is 2.64. The third-order valence-corrected chi connectivity index (χ3v) is 7.00. The van der Waals surface area contributed by atoms with Crippen LogP contribution in [0.15, 0.2) is 45.7 Å². The first-order valence-corrected chi connectivity index (χ1v) is 11.1. The molecular weight excluding hydrogens is 404 g/mol. The second kappa shape index (κ2) is 7.68. The minimum absolute atomic E-state index is 0.288. The minimum atomic E-state index is -0.651. The Kier molecular flexibility index (Phi) is 5.23. The molecule has 148 valence electrons. The van der Waals surface area contributed by atoms with Gasteiger partial charge in [0.15, 0.2) is 5.92 Å². The smallest absolute Gasteiger partial charge is 0.255 e. The van der Waals surface area contributed by atoms with Gasteiger partial charge in [-0.1, -0.05) is 34.8 Å². The van der Waals surface area contributed by atoms with Gasteiger partial charge in [0, 0.05) is 5.75 Å². The van der Waals surface area contributed by atoms with Gasteiger partial charge in [-0.3, -0.25) is 4.79 Å². The van der Waals surface area contributed by atoms with Crippen molar-refractivity contribution < 1.29 is 14.2 Å². The van der Waals surface area contributed by atoms with E-state index in [2.05, 4.69) is 37.0 Å². The average Bonchev–Trinajstić information content (AvgIpc) is 3.25. The molecule has 0 spiro atoms. The van der Waals surface area contributed by atoms with Crippen molar-refractivity contribution in [2.45, 2.75) is 19.6 Å². The Morgan fingerprint density at radius 2 is 2.00 bits per heavy atom. The zero-order chi connectivity index (χ0) is 20.7. The zero-order valence-corrected chi connectivity index (χ0v) is 18.3. The maximum Gasteiger partial charge on any atom is 0.445 e. The molecule has 0 saturated carbocycles. The Morgan fingerprint density at radius 3 is 2.72 bits per heavy atom. The van der Waals surface area contributed by atoms with Crippen molar-refractivity contribution in [2.75, 3.05) is 14.1 Å². The molecule has 1 aromatic heterocycles. The number of hydrogen-bond acceptors (Lipinski definition) is 6. The lowest BCUT2D eigenvalue weighted by Crippen LogP contribution is -2.54. The summed E-state index contributed by atoms with van der Waals surface area (Å²) in [5.74, 6) is 0.750. The van der Waals surface area contributed by atoms with Crippen LogP contribution in [0.5, 0.6) is 0 Å². The van der Waals surface area contributed by atoms with E-state index in [-0.39, 0.29) is 11.9 Å². The van der Waals surface area contributed by atoms with Crippen molar-refractivity contribution in [1.29, 1.82) is 0 Å². The molecule has 0 radical (unpaired) electrons. The Labute approximate surface area is 177 Å². The molecule has 0 saturated heterocycles. The fraction of sp³-hybridized carbons (Fsp3) is 0.286. The first-order valence-electron chi connectivity index (χ1n) is 9.19. The van der Waals surface area contributed by atoms with Crippen LogP contribution < -0.4 is 0 Å². The number of hydrogen-bond donors (Lipinski definition) is 0. The summed E-state index contributed by atoms with van der Waals surface area (Å²) in [5.41, 5.74) is 3.61. The number of aliphatic imine (C=N–C) groups is 2. The fourth-order valence-corrected chi connectivity index (χ4v) is 5.11. The number of amides is 3. The number of fused-ring (bicyclic) bond motifs is 1. The van der Waals surface area contributed by atoms with Gasteiger partial charge in [0.2, 0.25) is 5.84 Å². The highest BCUT2D eigenvalue weighted by atomic mass is 32.2. The van der Waals surface area contributed by atoms with E-state index in [0.717, 1.165) is 9.78 Å². The number of benzene rings is 1. The lowest BCUT2D eigenvalue weighted by atomic mass is 10.0. The topological polar surface area (TPSA) is 65.1 Å². The van der Waals surface area contributed by atoms with Crippen molar-refractivity contribution in [1.82, 2.24) is 4.90 Å². The summed E-state index contributed by atoms with van der Waals surface area (Å²) in [7, 11) is 3.16. The number of amidine groups is 2. The van der Waals surface area contributed by atoms with Gasteiger partial charge in [-0.15, -0.1) is 23.1 Å². The van der Waals surface area contributed by atoms with E-state index < -0.39 is 5.92 Å². The first-order chi connectivity index (χ1) is 13.9. The second-order valence-electron chi connectivity index (χ2n) is 7.11. The number of carbonyl (C=O) groups excluding carboxylic acids is 2. The van der Waals surface area contributed by atoms with Crippen LogP contribution >= 0.6 is 23.1 Å². The number of urea groups is 1. The Hall–Kier alpha value is -2.58.